The minimum Gasteiger partial charge on any atom is -0.107 e. The maximum absolute atomic E-state index is 2.48. The molecule has 0 aliphatic heterocycles. The standard InChI is InChI=1S/C15H35P2/c1-6-8-12-16(13-9-7-2)14-10-11-15-17(3,4)5/h6-15H2,1-5H3/q+1. The van der Waals surface area contributed by atoms with Crippen molar-refractivity contribution >= 4 is 15.2 Å². The predicted octanol–water partition coefficient (Wildman–Crippen LogP) is 5.76. The van der Waals surface area contributed by atoms with Gasteiger partial charge in [-0.15, -0.1) is 7.92 Å². The SMILES string of the molecule is CCCCP(CCCC)CCCC[P+](C)(C)C. The lowest BCUT2D eigenvalue weighted by molar-refractivity contribution is 0.848. The van der Waals surface area contributed by atoms with Gasteiger partial charge in [-0.1, -0.05) is 26.7 Å². The molecule has 0 heterocycles. The van der Waals surface area contributed by atoms with Crippen LogP contribution in [0.5, 0.6) is 0 Å². The Morgan fingerprint density at radius 3 is 1.59 bits per heavy atom. The summed E-state index contributed by atoms with van der Waals surface area (Å²) in [5.41, 5.74) is 0. The summed E-state index contributed by atoms with van der Waals surface area (Å²) in [5, 5.41) is 0. The summed E-state index contributed by atoms with van der Waals surface area (Å²) in [4.78, 5) is 0. The molecule has 0 radical (unpaired) electrons. The van der Waals surface area contributed by atoms with Crippen molar-refractivity contribution in [2.24, 2.45) is 0 Å². The number of unbranched alkanes of at least 4 members (excludes halogenated alkanes) is 3. The highest BCUT2D eigenvalue weighted by atomic mass is 31.2. The lowest BCUT2D eigenvalue weighted by Gasteiger charge is -2.18. The summed E-state index contributed by atoms with van der Waals surface area (Å²) >= 11 is 0. The molecule has 0 aromatic carbocycles. The average Bonchev–Trinajstić information content (AvgIpc) is 2.25. The Morgan fingerprint density at radius 1 is 0.706 bits per heavy atom. The monoisotopic (exact) mass is 277 g/mol. The molecule has 0 fully saturated rings. The molecule has 0 aromatic rings. The van der Waals surface area contributed by atoms with Gasteiger partial charge in [0, 0.05) is 27.3 Å². The van der Waals surface area contributed by atoms with Crippen LogP contribution < -0.4 is 0 Å². The first-order valence-corrected chi connectivity index (χ1v) is 12.7. The van der Waals surface area contributed by atoms with Crippen LogP contribution in [-0.4, -0.2) is 44.6 Å². The summed E-state index contributed by atoms with van der Waals surface area (Å²) in [6.45, 7) is 12.1. The molecule has 0 amide bonds. The van der Waals surface area contributed by atoms with Gasteiger partial charge in [0.05, 0.1) is 6.16 Å². The van der Waals surface area contributed by atoms with Crippen molar-refractivity contribution in [1.82, 2.24) is 0 Å². The number of hydrogen-bond acceptors (Lipinski definition) is 0. The molecule has 0 rings (SSSR count). The Labute approximate surface area is 112 Å². The Balaban J connectivity index is 3.66. The van der Waals surface area contributed by atoms with Gasteiger partial charge in [-0.25, -0.2) is 0 Å². The fraction of sp³-hybridized carbons (Fsp3) is 1.00. The second-order valence-electron chi connectivity index (χ2n) is 6.27. The van der Waals surface area contributed by atoms with Crippen LogP contribution in [0.1, 0.15) is 52.4 Å². The molecule has 104 valence electrons. The quantitative estimate of drug-likeness (QED) is 0.333. The van der Waals surface area contributed by atoms with Gasteiger partial charge < -0.3 is 0 Å². The fourth-order valence-electron chi connectivity index (χ4n) is 2.02. The van der Waals surface area contributed by atoms with Gasteiger partial charge in [-0.2, -0.15) is 0 Å². The summed E-state index contributed by atoms with van der Waals surface area (Å²) in [5.74, 6) is 0. The van der Waals surface area contributed by atoms with Gasteiger partial charge in [-0.05, 0) is 44.2 Å². The first-order valence-electron chi connectivity index (χ1n) is 7.52. The molecule has 0 saturated heterocycles. The van der Waals surface area contributed by atoms with E-state index in [9.17, 15) is 0 Å². The van der Waals surface area contributed by atoms with Crippen LogP contribution >= 0.6 is 15.2 Å². The normalized spacial score (nSPS) is 12.4. The van der Waals surface area contributed by atoms with E-state index >= 15 is 0 Å². The molecular weight excluding hydrogens is 242 g/mol. The fourth-order valence-corrected chi connectivity index (χ4v) is 6.06. The van der Waals surface area contributed by atoms with Gasteiger partial charge in [0.25, 0.3) is 0 Å². The van der Waals surface area contributed by atoms with E-state index in [-0.39, 0.29) is 0 Å². The van der Waals surface area contributed by atoms with Crippen molar-refractivity contribution in [3.05, 3.63) is 0 Å². The molecule has 0 aliphatic rings. The van der Waals surface area contributed by atoms with Gasteiger partial charge in [-0.3, -0.25) is 0 Å². The molecule has 0 atom stereocenters. The molecular formula is C15H35P2+. The van der Waals surface area contributed by atoms with Crippen molar-refractivity contribution in [2.75, 3.05) is 44.6 Å². The summed E-state index contributed by atoms with van der Waals surface area (Å²) < 4.78 is 0. The van der Waals surface area contributed by atoms with E-state index in [0.29, 0.717) is 7.92 Å². The molecule has 0 aromatic heterocycles. The van der Waals surface area contributed by atoms with E-state index in [1.807, 2.05) is 0 Å². The van der Waals surface area contributed by atoms with E-state index in [0.717, 1.165) is 0 Å². The Kier molecular flexibility index (Phi) is 11.3. The molecule has 0 nitrogen and oxygen atoms in total. The smallest absolute Gasteiger partial charge is 0.0586 e. The topological polar surface area (TPSA) is 0 Å². The molecule has 0 bridgehead atoms. The second kappa shape index (κ2) is 10.8. The molecule has 0 N–H and O–H groups in total. The van der Waals surface area contributed by atoms with Crippen LogP contribution in [0.2, 0.25) is 0 Å². The third-order valence-corrected chi connectivity index (χ3v) is 7.71. The lowest BCUT2D eigenvalue weighted by Crippen LogP contribution is -1.98. The van der Waals surface area contributed by atoms with E-state index in [2.05, 4.69) is 33.8 Å². The summed E-state index contributed by atoms with van der Waals surface area (Å²) in [7, 11) is -0.118. The molecule has 0 unspecified atom stereocenters. The van der Waals surface area contributed by atoms with Crippen LogP contribution in [0, 0.1) is 0 Å². The first kappa shape index (κ1) is 17.9. The zero-order valence-corrected chi connectivity index (χ0v) is 14.8. The van der Waals surface area contributed by atoms with E-state index < -0.39 is 7.26 Å². The van der Waals surface area contributed by atoms with Crippen LogP contribution in [0.15, 0.2) is 0 Å². The Hall–Kier alpha value is 0.860. The third kappa shape index (κ3) is 13.1. The van der Waals surface area contributed by atoms with Crippen molar-refractivity contribution in [2.45, 2.75) is 52.4 Å². The highest BCUT2D eigenvalue weighted by Gasteiger charge is 2.16. The molecule has 17 heavy (non-hydrogen) atoms. The van der Waals surface area contributed by atoms with E-state index in [4.69, 9.17) is 0 Å². The first-order chi connectivity index (χ1) is 7.99. The summed E-state index contributed by atoms with van der Waals surface area (Å²) in [6, 6.07) is 0. The van der Waals surface area contributed by atoms with Crippen molar-refractivity contribution in [3.8, 4) is 0 Å². The highest BCUT2D eigenvalue weighted by molar-refractivity contribution is 7.73. The van der Waals surface area contributed by atoms with Crippen molar-refractivity contribution in [1.29, 1.82) is 0 Å². The van der Waals surface area contributed by atoms with E-state index in [1.54, 1.807) is 18.5 Å². The zero-order valence-electron chi connectivity index (χ0n) is 13.0. The minimum atomic E-state index is -0.511. The third-order valence-electron chi connectivity index (χ3n) is 3.21. The zero-order chi connectivity index (χ0) is 13.1. The van der Waals surface area contributed by atoms with Crippen LogP contribution in [0.4, 0.5) is 0 Å². The lowest BCUT2D eigenvalue weighted by atomic mass is 10.4. The maximum atomic E-state index is 2.48. The molecule has 0 spiro atoms. The number of hydrogen-bond donors (Lipinski definition) is 0. The molecule has 2 heteroatoms. The van der Waals surface area contributed by atoms with Gasteiger partial charge in [0.15, 0.2) is 0 Å². The predicted molar refractivity (Wildman–Crippen MR) is 90.1 cm³/mol. The Bertz CT molecular complexity index is 153. The molecule has 0 saturated carbocycles. The maximum Gasteiger partial charge on any atom is 0.0586 e. The van der Waals surface area contributed by atoms with Gasteiger partial charge in [0.1, 0.15) is 0 Å². The van der Waals surface area contributed by atoms with Crippen LogP contribution in [0.3, 0.4) is 0 Å². The number of rotatable bonds is 11. The van der Waals surface area contributed by atoms with Crippen LogP contribution in [0.25, 0.3) is 0 Å². The average molecular weight is 277 g/mol. The van der Waals surface area contributed by atoms with E-state index in [1.165, 1.54) is 44.7 Å². The van der Waals surface area contributed by atoms with Crippen molar-refractivity contribution < 1.29 is 0 Å². The van der Waals surface area contributed by atoms with Gasteiger partial charge in [0.2, 0.25) is 0 Å². The summed E-state index contributed by atoms with van der Waals surface area (Å²) in [6.07, 6.45) is 14.9. The minimum absolute atomic E-state index is 0.392. The highest BCUT2D eigenvalue weighted by Crippen LogP contribution is 2.47. The van der Waals surface area contributed by atoms with Gasteiger partial charge >= 0.3 is 0 Å². The second-order valence-corrected chi connectivity index (χ2v) is 14.0. The largest absolute Gasteiger partial charge is 0.107 e. The Morgan fingerprint density at radius 2 is 1.18 bits per heavy atom. The van der Waals surface area contributed by atoms with Crippen LogP contribution in [-0.2, 0) is 0 Å². The molecule has 0 aliphatic carbocycles. The van der Waals surface area contributed by atoms with Crippen molar-refractivity contribution in [3.63, 3.8) is 0 Å².